The Hall–Kier alpha value is -0.570. The minimum Gasteiger partial charge on any atom is -0.339 e. The van der Waals surface area contributed by atoms with Crippen molar-refractivity contribution in [1.29, 1.82) is 0 Å². The Morgan fingerprint density at radius 2 is 2.13 bits per heavy atom. The van der Waals surface area contributed by atoms with Gasteiger partial charge in [0.15, 0.2) is 0 Å². The Morgan fingerprint density at radius 3 is 2.53 bits per heavy atom. The first-order valence-corrected chi connectivity index (χ1v) is 5.96. The molecule has 0 aromatic heterocycles. The molecule has 1 saturated carbocycles. The predicted octanol–water partition coefficient (Wildman–Crippen LogP) is 1.23. The standard InChI is InChI=1S/C12H22N2O/c1-8-4-9(6-13)7-14(8)11(15)10-5-12(10,2)3/h8-10H,4-7,13H2,1-3H3. The van der Waals surface area contributed by atoms with E-state index in [-0.39, 0.29) is 11.3 Å². The summed E-state index contributed by atoms with van der Waals surface area (Å²) in [6, 6.07) is 0.391. The van der Waals surface area contributed by atoms with E-state index < -0.39 is 0 Å². The van der Waals surface area contributed by atoms with E-state index >= 15 is 0 Å². The molecule has 2 fully saturated rings. The largest absolute Gasteiger partial charge is 0.339 e. The third kappa shape index (κ3) is 1.89. The summed E-state index contributed by atoms with van der Waals surface area (Å²) in [4.78, 5) is 14.2. The summed E-state index contributed by atoms with van der Waals surface area (Å²) in [6.07, 6.45) is 2.14. The SMILES string of the molecule is CC1CC(CN)CN1C(=O)C1CC1(C)C. The molecule has 2 aliphatic rings. The molecular weight excluding hydrogens is 188 g/mol. The van der Waals surface area contributed by atoms with Crippen molar-refractivity contribution in [1.82, 2.24) is 4.90 Å². The van der Waals surface area contributed by atoms with Crippen molar-refractivity contribution < 1.29 is 4.79 Å². The third-order valence-corrected chi connectivity index (χ3v) is 4.09. The average Bonchev–Trinajstić information content (AvgIpc) is 2.64. The highest BCUT2D eigenvalue weighted by Gasteiger charge is 2.53. The highest BCUT2D eigenvalue weighted by atomic mass is 16.2. The number of likely N-dealkylation sites (tertiary alicyclic amines) is 1. The zero-order chi connectivity index (χ0) is 11.2. The second-order valence-corrected chi connectivity index (χ2v) is 5.92. The highest BCUT2D eigenvalue weighted by Crippen LogP contribution is 2.53. The number of hydrogen-bond donors (Lipinski definition) is 1. The van der Waals surface area contributed by atoms with Gasteiger partial charge in [-0.1, -0.05) is 13.8 Å². The van der Waals surface area contributed by atoms with Gasteiger partial charge in [0.05, 0.1) is 0 Å². The van der Waals surface area contributed by atoms with Gasteiger partial charge in [-0.2, -0.15) is 0 Å². The van der Waals surface area contributed by atoms with Crippen molar-refractivity contribution >= 4 is 5.91 Å². The molecule has 0 spiro atoms. The molecule has 1 aliphatic heterocycles. The summed E-state index contributed by atoms with van der Waals surface area (Å²) >= 11 is 0. The fourth-order valence-corrected chi connectivity index (χ4v) is 2.71. The Balaban J connectivity index is 1.97. The van der Waals surface area contributed by atoms with Crippen molar-refractivity contribution in [3.05, 3.63) is 0 Å². The molecule has 3 heteroatoms. The van der Waals surface area contributed by atoms with E-state index in [0.29, 0.717) is 24.4 Å². The fraction of sp³-hybridized carbons (Fsp3) is 0.917. The quantitative estimate of drug-likeness (QED) is 0.745. The zero-order valence-corrected chi connectivity index (χ0v) is 9.99. The van der Waals surface area contributed by atoms with Crippen LogP contribution in [0.25, 0.3) is 0 Å². The number of rotatable bonds is 2. The summed E-state index contributed by atoms with van der Waals surface area (Å²) in [7, 11) is 0. The molecule has 1 saturated heterocycles. The van der Waals surface area contributed by atoms with E-state index in [2.05, 4.69) is 25.7 Å². The molecule has 1 amide bonds. The predicted molar refractivity (Wildman–Crippen MR) is 60.2 cm³/mol. The van der Waals surface area contributed by atoms with E-state index in [1.54, 1.807) is 0 Å². The van der Waals surface area contributed by atoms with Crippen LogP contribution in [-0.2, 0) is 4.79 Å². The number of nitrogens with two attached hydrogens (primary N) is 1. The van der Waals surface area contributed by atoms with Gasteiger partial charge < -0.3 is 10.6 Å². The van der Waals surface area contributed by atoms with E-state index in [9.17, 15) is 4.79 Å². The van der Waals surface area contributed by atoms with Gasteiger partial charge in [-0.25, -0.2) is 0 Å². The Bertz CT molecular complexity index is 275. The first-order chi connectivity index (χ1) is 6.95. The Kier molecular flexibility index (Phi) is 2.53. The Labute approximate surface area is 92.0 Å². The molecule has 2 N–H and O–H groups in total. The van der Waals surface area contributed by atoms with E-state index in [1.165, 1.54) is 0 Å². The lowest BCUT2D eigenvalue weighted by Gasteiger charge is -2.22. The van der Waals surface area contributed by atoms with Crippen LogP contribution in [0.4, 0.5) is 0 Å². The van der Waals surface area contributed by atoms with Crippen LogP contribution in [0.5, 0.6) is 0 Å². The molecule has 0 radical (unpaired) electrons. The van der Waals surface area contributed by atoms with Crippen molar-refractivity contribution in [2.45, 2.75) is 39.7 Å². The molecule has 1 aliphatic carbocycles. The van der Waals surface area contributed by atoms with Crippen molar-refractivity contribution in [2.24, 2.45) is 23.0 Å². The van der Waals surface area contributed by atoms with Crippen LogP contribution < -0.4 is 5.73 Å². The lowest BCUT2D eigenvalue weighted by molar-refractivity contribution is -0.133. The number of carbonyl (C=O) groups excluding carboxylic acids is 1. The van der Waals surface area contributed by atoms with Crippen LogP contribution in [0.1, 0.15) is 33.6 Å². The molecular formula is C12H22N2O. The first kappa shape index (κ1) is 10.9. The van der Waals surface area contributed by atoms with Crippen LogP contribution in [0.3, 0.4) is 0 Å². The van der Waals surface area contributed by atoms with Crippen molar-refractivity contribution in [2.75, 3.05) is 13.1 Å². The minimum absolute atomic E-state index is 0.248. The average molecular weight is 210 g/mol. The zero-order valence-electron chi connectivity index (χ0n) is 9.99. The second-order valence-electron chi connectivity index (χ2n) is 5.92. The van der Waals surface area contributed by atoms with Crippen molar-refractivity contribution in [3.8, 4) is 0 Å². The maximum Gasteiger partial charge on any atom is 0.226 e. The Morgan fingerprint density at radius 1 is 1.53 bits per heavy atom. The topological polar surface area (TPSA) is 46.3 Å². The molecule has 1 heterocycles. The number of nitrogens with zero attached hydrogens (tertiary/aromatic N) is 1. The van der Waals surface area contributed by atoms with Crippen LogP contribution in [0, 0.1) is 17.3 Å². The highest BCUT2D eigenvalue weighted by molar-refractivity contribution is 5.83. The molecule has 86 valence electrons. The normalized spacial score (nSPS) is 38.1. The lowest BCUT2D eigenvalue weighted by atomic mass is 10.1. The molecule has 3 unspecified atom stereocenters. The lowest BCUT2D eigenvalue weighted by Crippen LogP contribution is -2.36. The van der Waals surface area contributed by atoms with Crippen molar-refractivity contribution in [3.63, 3.8) is 0 Å². The molecule has 3 nitrogen and oxygen atoms in total. The minimum atomic E-state index is 0.248. The monoisotopic (exact) mass is 210 g/mol. The molecule has 0 bridgehead atoms. The van der Waals surface area contributed by atoms with E-state index in [1.807, 2.05) is 0 Å². The smallest absolute Gasteiger partial charge is 0.226 e. The van der Waals surface area contributed by atoms with Gasteiger partial charge in [-0.05, 0) is 37.6 Å². The molecule has 3 atom stereocenters. The van der Waals surface area contributed by atoms with Crippen LogP contribution >= 0.6 is 0 Å². The number of carbonyl (C=O) groups is 1. The van der Waals surface area contributed by atoms with Gasteiger partial charge in [0.25, 0.3) is 0 Å². The maximum absolute atomic E-state index is 12.2. The van der Waals surface area contributed by atoms with Gasteiger partial charge >= 0.3 is 0 Å². The van der Waals surface area contributed by atoms with Gasteiger partial charge in [0, 0.05) is 18.5 Å². The van der Waals surface area contributed by atoms with Gasteiger partial charge in [-0.15, -0.1) is 0 Å². The molecule has 15 heavy (non-hydrogen) atoms. The summed E-state index contributed by atoms with van der Waals surface area (Å²) in [5, 5.41) is 0. The van der Waals surface area contributed by atoms with Crippen LogP contribution in [0.2, 0.25) is 0 Å². The van der Waals surface area contributed by atoms with E-state index in [0.717, 1.165) is 19.4 Å². The fourth-order valence-electron chi connectivity index (χ4n) is 2.71. The summed E-state index contributed by atoms with van der Waals surface area (Å²) in [5.41, 5.74) is 5.91. The summed E-state index contributed by atoms with van der Waals surface area (Å²) in [5.74, 6) is 1.16. The molecule has 0 aromatic rings. The van der Waals surface area contributed by atoms with Gasteiger partial charge in [0.1, 0.15) is 0 Å². The number of hydrogen-bond acceptors (Lipinski definition) is 2. The summed E-state index contributed by atoms with van der Waals surface area (Å²) in [6.45, 7) is 8.08. The van der Waals surface area contributed by atoms with Crippen LogP contribution in [-0.4, -0.2) is 29.9 Å². The molecule has 2 rings (SSSR count). The second kappa shape index (κ2) is 3.48. The van der Waals surface area contributed by atoms with Crippen LogP contribution in [0.15, 0.2) is 0 Å². The van der Waals surface area contributed by atoms with Gasteiger partial charge in [-0.3, -0.25) is 4.79 Å². The summed E-state index contributed by atoms with van der Waals surface area (Å²) < 4.78 is 0. The molecule has 0 aromatic carbocycles. The number of amides is 1. The maximum atomic E-state index is 12.2. The first-order valence-electron chi connectivity index (χ1n) is 5.96. The van der Waals surface area contributed by atoms with Gasteiger partial charge in [0.2, 0.25) is 5.91 Å². The van der Waals surface area contributed by atoms with E-state index in [4.69, 9.17) is 5.73 Å². The third-order valence-electron chi connectivity index (χ3n) is 4.09.